The Labute approximate surface area is 108 Å². The van der Waals surface area contributed by atoms with Crippen molar-refractivity contribution in [3.63, 3.8) is 0 Å². The lowest BCUT2D eigenvalue weighted by Crippen LogP contribution is -2.41. The molecule has 1 N–H and O–H groups in total. The summed E-state index contributed by atoms with van der Waals surface area (Å²) in [6.45, 7) is 2.61. The lowest BCUT2D eigenvalue weighted by atomic mass is 10.0. The monoisotopic (exact) mass is 275 g/mol. The highest BCUT2D eigenvalue weighted by Crippen LogP contribution is 2.29. The summed E-state index contributed by atoms with van der Waals surface area (Å²) in [5.74, 6) is 0.0337. The highest BCUT2D eigenvalue weighted by molar-refractivity contribution is 5.33. The smallest absolute Gasteiger partial charge is 0.339 e. The Morgan fingerprint density at radius 1 is 1.47 bits per heavy atom. The zero-order chi connectivity index (χ0) is 14.0. The van der Waals surface area contributed by atoms with Gasteiger partial charge in [-0.1, -0.05) is 6.92 Å². The van der Waals surface area contributed by atoms with Gasteiger partial charge in [-0.15, -0.1) is 0 Å². The highest BCUT2D eigenvalue weighted by Gasteiger charge is 2.34. The van der Waals surface area contributed by atoms with Crippen LogP contribution >= 0.6 is 0 Å². The van der Waals surface area contributed by atoms with Crippen molar-refractivity contribution >= 4 is 5.95 Å². The Bertz CT molecular complexity index is 498. The van der Waals surface area contributed by atoms with Crippen LogP contribution in [0.4, 0.5) is 19.1 Å². The standard InChI is InChI=1S/C12H16F3N3O/c1-2-8-5-3-4-6-18(8)11-16-9(12(13,14)15)7-10(19)17-11/h7-8H,2-6H2,1H3,(H,16,17,19). The summed E-state index contributed by atoms with van der Waals surface area (Å²) in [4.78, 5) is 19.1. The fraction of sp³-hybridized carbons (Fsp3) is 0.667. The predicted molar refractivity (Wildman–Crippen MR) is 65.1 cm³/mol. The number of piperidine rings is 1. The summed E-state index contributed by atoms with van der Waals surface area (Å²) in [5.41, 5.74) is -1.90. The van der Waals surface area contributed by atoms with Crippen LogP contribution in [0.1, 0.15) is 38.3 Å². The number of nitrogens with one attached hydrogen (secondary N) is 1. The fourth-order valence-corrected chi connectivity index (χ4v) is 2.43. The SMILES string of the molecule is CCC1CCCCN1c1nc(C(F)(F)F)cc(=O)[nH]1. The van der Waals surface area contributed by atoms with Crippen molar-refractivity contribution in [2.24, 2.45) is 0 Å². The number of aromatic nitrogens is 2. The molecule has 1 aromatic rings. The first-order valence-electron chi connectivity index (χ1n) is 6.37. The molecule has 1 saturated heterocycles. The third kappa shape index (κ3) is 3.08. The van der Waals surface area contributed by atoms with Gasteiger partial charge in [0.1, 0.15) is 0 Å². The summed E-state index contributed by atoms with van der Waals surface area (Å²) in [7, 11) is 0. The minimum Gasteiger partial charge on any atom is -0.339 e. The van der Waals surface area contributed by atoms with Crippen molar-refractivity contribution in [2.45, 2.75) is 44.8 Å². The number of hydrogen-bond acceptors (Lipinski definition) is 3. The number of aromatic amines is 1. The average Bonchev–Trinajstić information content (AvgIpc) is 2.37. The molecule has 0 amide bonds. The number of rotatable bonds is 2. The molecule has 0 radical (unpaired) electrons. The van der Waals surface area contributed by atoms with Crippen molar-refractivity contribution in [2.75, 3.05) is 11.4 Å². The van der Waals surface area contributed by atoms with E-state index >= 15 is 0 Å². The Kier molecular flexibility index (Phi) is 3.82. The van der Waals surface area contributed by atoms with Gasteiger partial charge in [-0.3, -0.25) is 9.78 Å². The maximum absolute atomic E-state index is 12.7. The molecule has 0 spiro atoms. The van der Waals surface area contributed by atoms with E-state index in [1.807, 2.05) is 6.92 Å². The summed E-state index contributed by atoms with van der Waals surface area (Å²) in [5, 5.41) is 0. The molecule has 1 fully saturated rings. The molecule has 7 heteroatoms. The Hall–Kier alpha value is -1.53. The van der Waals surface area contributed by atoms with Crippen LogP contribution in [0.25, 0.3) is 0 Å². The van der Waals surface area contributed by atoms with E-state index in [0.717, 1.165) is 25.7 Å². The molecule has 0 saturated carbocycles. The molecule has 1 aliphatic heterocycles. The zero-order valence-corrected chi connectivity index (χ0v) is 10.6. The number of hydrogen-bond donors (Lipinski definition) is 1. The maximum atomic E-state index is 12.7. The summed E-state index contributed by atoms with van der Waals surface area (Å²) in [6.07, 6.45) is -0.911. The van der Waals surface area contributed by atoms with Crippen LogP contribution in [0.15, 0.2) is 10.9 Å². The van der Waals surface area contributed by atoms with Gasteiger partial charge in [0.15, 0.2) is 5.69 Å². The molecule has 4 nitrogen and oxygen atoms in total. The van der Waals surface area contributed by atoms with Crippen LogP contribution in [0.5, 0.6) is 0 Å². The second-order valence-corrected chi connectivity index (χ2v) is 4.70. The van der Waals surface area contributed by atoms with E-state index in [-0.39, 0.29) is 12.0 Å². The number of anilines is 1. The summed E-state index contributed by atoms with van der Waals surface area (Å²) >= 11 is 0. The Morgan fingerprint density at radius 3 is 2.84 bits per heavy atom. The van der Waals surface area contributed by atoms with Gasteiger partial charge in [-0.25, -0.2) is 4.98 Å². The van der Waals surface area contributed by atoms with Gasteiger partial charge in [0.2, 0.25) is 5.95 Å². The number of halogens is 3. The highest BCUT2D eigenvalue weighted by atomic mass is 19.4. The quantitative estimate of drug-likeness (QED) is 0.902. The molecule has 2 rings (SSSR count). The molecule has 1 atom stereocenters. The van der Waals surface area contributed by atoms with Crippen molar-refractivity contribution in [3.05, 3.63) is 22.1 Å². The van der Waals surface area contributed by atoms with Gasteiger partial charge in [0.25, 0.3) is 5.56 Å². The minimum atomic E-state index is -4.60. The molecule has 0 aromatic carbocycles. The lowest BCUT2D eigenvalue weighted by Gasteiger charge is -2.35. The van der Waals surface area contributed by atoms with Gasteiger partial charge < -0.3 is 4.90 Å². The first-order chi connectivity index (χ1) is 8.91. The molecule has 0 bridgehead atoms. The Balaban J connectivity index is 2.38. The molecular formula is C12H16F3N3O. The first kappa shape index (κ1) is 13.9. The molecule has 106 valence electrons. The van der Waals surface area contributed by atoms with Crippen molar-refractivity contribution < 1.29 is 13.2 Å². The molecule has 1 unspecified atom stereocenters. The van der Waals surface area contributed by atoms with Gasteiger partial charge in [-0.05, 0) is 25.7 Å². The second kappa shape index (κ2) is 5.22. The van der Waals surface area contributed by atoms with Crippen LogP contribution < -0.4 is 10.5 Å². The van der Waals surface area contributed by atoms with Gasteiger partial charge in [-0.2, -0.15) is 13.2 Å². The van der Waals surface area contributed by atoms with E-state index in [2.05, 4.69) is 9.97 Å². The van der Waals surface area contributed by atoms with Crippen molar-refractivity contribution in [1.82, 2.24) is 9.97 Å². The van der Waals surface area contributed by atoms with Crippen LogP contribution in [0.3, 0.4) is 0 Å². The third-order valence-corrected chi connectivity index (χ3v) is 3.39. The number of H-pyrrole nitrogens is 1. The van der Waals surface area contributed by atoms with Crippen LogP contribution in [0, 0.1) is 0 Å². The van der Waals surface area contributed by atoms with E-state index in [0.29, 0.717) is 12.6 Å². The van der Waals surface area contributed by atoms with E-state index in [4.69, 9.17) is 0 Å². The predicted octanol–water partition coefficient (Wildman–Crippen LogP) is 2.56. The molecule has 0 aliphatic carbocycles. The van der Waals surface area contributed by atoms with E-state index in [1.165, 1.54) is 0 Å². The normalized spacial score (nSPS) is 20.6. The van der Waals surface area contributed by atoms with Crippen molar-refractivity contribution in [3.8, 4) is 0 Å². The van der Waals surface area contributed by atoms with E-state index < -0.39 is 17.4 Å². The topological polar surface area (TPSA) is 49.0 Å². The van der Waals surface area contributed by atoms with Gasteiger partial charge >= 0.3 is 6.18 Å². The lowest BCUT2D eigenvalue weighted by molar-refractivity contribution is -0.141. The zero-order valence-electron chi connectivity index (χ0n) is 10.6. The second-order valence-electron chi connectivity index (χ2n) is 4.70. The molecule has 2 heterocycles. The van der Waals surface area contributed by atoms with E-state index in [9.17, 15) is 18.0 Å². The van der Waals surface area contributed by atoms with Gasteiger partial charge in [0, 0.05) is 18.7 Å². The Morgan fingerprint density at radius 2 is 2.21 bits per heavy atom. The molecule has 1 aromatic heterocycles. The fourth-order valence-electron chi connectivity index (χ4n) is 2.43. The summed E-state index contributed by atoms with van der Waals surface area (Å²) in [6, 6.07) is 0.634. The largest absolute Gasteiger partial charge is 0.433 e. The molecule has 19 heavy (non-hydrogen) atoms. The molecule has 1 aliphatic rings. The van der Waals surface area contributed by atoms with Crippen LogP contribution in [0.2, 0.25) is 0 Å². The third-order valence-electron chi connectivity index (χ3n) is 3.39. The average molecular weight is 275 g/mol. The van der Waals surface area contributed by atoms with Crippen LogP contribution in [-0.2, 0) is 6.18 Å². The summed E-state index contributed by atoms with van der Waals surface area (Å²) < 4.78 is 38.0. The van der Waals surface area contributed by atoms with Gasteiger partial charge in [0.05, 0.1) is 0 Å². The maximum Gasteiger partial charge on any atom is 0.433 e. The minimum absolute atomic E-state index is 0.0337. The van der Waals surface area contributed by atoms with Crippen LogP contribution in [-0.4, -0.2) is 22.6 Å². The van der Waals surface area contributed by atoms with Crippen molar-refractivity contribution in [1.29, 1.82) is 0 Å². The number of alkyl halides is 3. The van der Waals surface area contributed by atoms with E-state index in [1.54, 1.807) is 4.90 Å². The first-order valence-corrected chi connectivity index (χ1v) is 6.37. The number of nitrogens with zero attached hydrogens (tertiary/aromatic N) is 2. The molecular weight excluding hydrogens is 259 g/mol.